The van der Waals surface area contributed by atoms with Crippen LogP contribution >= 0.6 is 11.6 Å². The van der Waals surface area contributed by atoms with Crippen molar-refractivity contribution in [3.63, 3.8) is 0 Å². The van der Waals surface area contributed by atoms with Gasteiger partial charge in [-0.15, -0.1) is 11.6 Å². The van der Waals surface area contributed by atoms with E-state index in [1.54, 1.807) is 0 Å². The Morgan fingerprint density at radius 3 is 1.73 bits per heavy atom. The Morgan fingerprint density at radius 1 is 1.00 bits per heavy atom. The summed E-state index contributed by atoms with van der Waals surface area (Å²) in [5.74, 6) is 0.611. The van der Waals surface area contributed by atoms with E-state index in [4.69, 9.17) is 16.3 Å². The molecular formula is C9H23ClO. The summed E-state index contributed by atoms with van der Waals surface area (Å²) < 4.78 is 5.00. The molecule has 0 saturated heterocycles. The fourth-order valence-electron chi connectivity index (χ4n) is 0.301. The van der Waals surface area contributed by atoms with Crippen molar-refractivity contribution in [2.45, 2.75) is 41.0 Å². The fourth-order valence-corrected chi connectivity index (χ4v) is 0.410. The minimum atomic E-state index is 0.611. The summed E-state index contributed by atoms with van der Waals surface area (Å²) in [5, 5.41) is 0. The van der Waals surface area contributed by atoms with Crippen LogP contribution in [0.25, 0.3) is 0 Å². The van der Waals surface area contributed by atoms with Gasteiger partial charge in [-0.25, -0.2) is 0 Å². The molecular weight excluding hydrogens is 160 g/mol. The quantitative estimate of drug-likeness (QED) is 0.476. The number of halogens is 1. The van der Waals surface area contributed by atoms with Gasteiger partial charge in [0.1, 0.15) is 0 Å². The van der Waals surface area contributed by atoms with Gasteiger partial charge in [0.05, 0.1) is 6.61 Å². The molecule has 0 unspecified atom stereocenters. The number of hydrogen-bond acceptors (Lipinski definition) is 1. The zero-order valence-corrected chi connectivity index (χ0v) is 9.37. The van der Waals surface area contributed by atoms with Crippen LogP contribution < -0.4 is 0 Å². The predicted octanol–water partition coefficient (Wildman–Crippen LogP) is 3.70. The SMILES string of the molecule is CC.CC.CCCOCCCl. The molecule has 0 atom stereocenters. The maximum absolute atomic E-state index is 5.31. The molecule has 0 aliphatic carbocycles. The molecule has 0 fully saturated rings. The number of hydrogen-bond donors (Lipinski definition) is 0. The molecule has 11 heavy (non-hydrogen) atoms. The van der Waals surface area contributed by atoms with Gasteiger partial charge in [0.2, 0.25) is 0 Å². The monoisotopic (exact) mass is 182 g/mol. The molecule has 0 radical (unpaired) electrons. The Kier molecular flexibility index (Phi) is 50.2. The lowest BCUT2D eigenvalue weighted by Gasteiger charge is -1.94. The minimum Gasteiger partial charge on any atom is -0.380 e. The van der Waals surface area contributed by atoms with E-state index >= 15 is 0 Å². The molecule has 0 spiro atoms. The summed E-state index contributed by atoms with van der Waals surface area (Å²) in [6, 6.07) is 0. The third kappa shape index (κ3) is 38.6. The van der Waals surface area contributed by atoms with Gasteiger partial charge < -0.3 is 4.74 Å². The van der Waals surface area contributed by atoms with Crippen LogP contribution in [0.1, 0.15) is 41.0 Å². The lowest BCUT2D eigenvalue weighted by Crippen LogP contribution is -1.95. The molecule has 0 aliphatic rings. The molecule has 0 N–H and O–H groups in total. The molecule has 0 rings (SSSR count). The van der Waals surface area contributed by atoms with Crippen LogP contribution in [0.2, 0.25) is 0 Å². The highest BCUT2D eigenvalue weighted by Gasteiger charge is 1.79. The second-order valence-electron chi connectivity index (χ2n) is 1.30. The Morgan fingerprint density at radius 2 is 1.45 bits per heavy atom. The van der Waals surface area contributed by atoms with E-state index in [2.05, 4.69) is 6.92 Å². The predicted molar refractivity (Wildman–Crippen MR) is 54.5 cm³/mol. The van der Waals surface area contributed by atoms with E-state index in [9.17, 15) is 0 Å². The second kappa shape index (κ2) is 31.8. The smallest absolute Gasteiger partial charge is 0.0601 e. The van der Waals surface area contributed by atoms with Crippen molar-refractivity contribution in [3.8, 4) is 0 Å². The minimum absolute atomic E-state index is 0.611. The molecule has 0 bridgehead atoms. The maximum Gasteiger partial charge on any atom is 0.0601 e. The van der Waals surface area contributed by atoms with E-state index in [-0.39, 0.29) is 0 Å². The maximum atomic E-state index is 5.31. The van der Waals surface area contributed by atoms with Crippen LogP contribution in [0, 0.1) is 0 Å². The first-order valence-electron chi connectivity index (χ1n) is 4.55. The third-order valence-electron chi connectivity index (χ3n) is 0.570. The molecule has 1 nitrogen and oxygen atoms in total. The molecule has 0 saturated carbocycles. The van der Waals surface area contributed by atoms with E-state index in [1.807, 2.05) is 27.7 Å². The van der Waals surface area contributed by atoms with Crippen LogP contribution in [0.5, 0.6) is 0 Å². The average Bonchev–Trinajstić information content (AvgIpc) is 2.13. The van der Waals surface area contributed by atoms with Crippen LogP contribution in [-0.2, 0) is 4.74 Å². The van der Waals surface area contributed by atoms with Gasteiger partial charge in [0.25, 0.3) is 0 Å². The molecule has 2 heteroatoms. The summed E-state index contributed by atoms with van der Waals surface area (Å²) >= 11 is 5.31. The average molecular weight is 183 g/mol. The van der Waals surface area contributed by atoms with Crippen molar-refractivity contribution in [2.24, 2.45) is 0 Å². The van der Waals surface area contributed by atoms with Gasteiger partial charge in [-0.2, -0.15) is 0 Å². The van der Waals surface area contributed by atoms with Gasteiger partial charge in [0, 0.05) is 12.5 Å². The largest absolute Gasteiger partial charge is 0.380 e. The van der Waals surface area contributed by atoms with E-state index in [1.165, 1.54) is 0 Å². The molecule has 0 aliphatic heterocycles. The van der Waals surface area contributed by atoms with Gasteiger partial charge >= 0.3 is 0 Å². The molecule has 0 aromatic rings. The molecule has 0 aromatic heterocycles. The van der Waals surface area contributed by atoms with E-state index in [0.717, 1.165) is 13.0 Å². The first-order valence-corrected chi connectivity index (χ1v) is 5.09. The Bertz CT molecular complexity index is 28.7. The van der Waals surface area contributed by atoms with Crippen LogP contribution in [-0.4, -0.2) is 19.1 Å². The summed E-state index contributed by atoms with van der Waals surface area (Å²) in [6.45, 7) is 11.6. The highest BCUT2D eigenvalue weighted by molar-refractivity contribution is 6.17. The zero-order valence-electron chi connectivity index (χ0n) is 8.61. The topological polar surface area (TPSA) is 9.23 Å². The first-order chi connectivity index (χ1) is 5.41. The Hall–Kier alpha value is 0.250. The summed E-state index contributed by atoms with van der Waals surface area (Å²) in [4.78, 5) is 0. The Labute approximate surface area is 77.1 Å². The standard InChI is InChI=1S/C5H11ClO.2C2H6/c1-2-4-7-5-3-6;2*1-2/h2-5H2,1H3;2*1-2H3. The first kappa shape index (κ1) is 17.4. The normalized spacial score (nSPS) is 7.09. The highest BCUT2D eigenvalue weighted by atomic mass is 35.5. The summed E-state index contributed by atoms with van der Waals surface area (Å²) in [5.41, 5.74) is 0. The number of alkyl halides is 1. The fraction of sp³-hybridized carbons (Fsp3) is 1.00. The lowest BCUT2D eigenvalue weighted by molar-refractivity contribution is 0.150. The summed E-state index contributed by atoms with van der Waals surface area (Å²) in [7, 11) is 0. The second-order valence-corrected chi connectivity index (χ2v) is 1.68. The van der Waals surface area contributed by atoms with Crippen LogP contribution in [0.3, 0.4) is 0 Å². The molecule has 0 aromatic carbocycles. The van der Waals surface area contributed by atoms with E-state index in [0.29, 0.717) is 12.5 Å². The van der Waals surface area contributed by atoms with Crippen molar-refractivity contribution in [2.75, 3.05) is 19.1 Å². The zero-order chi connectivity index (χ0) is 9.54. The Balaban J connectivity index is -0.000000138. The highest BCUT2D eigenvalue weighted by Crippen LogP contribution is 1.80. The van der Waals surface area contributed by atoms with Gasteiger partial charge in [-0.05, 0) is 6.42 Å². The lowest BCUT2D eigenvalue weighted by atomic mass is 10.5. The number of rotatable bonds is 4. The van der Waals surface area contributed by atoms with Crippen LogP contribution in [0.4, 0.5) is 0 Å². The molecule has 72 valence electrons. The summed E-state index contributed by atoms with van der Waals surface area (Å²) in [6.07, 6.45) is 1.08. The van der Waals surface area contributed by atoms with Gasteiger partial charge in [-0.1, -0.05) is 34.6 Å². The van der Waals surface area contributed by atoms with Gasteiger partial charge in [0.15, 0.2) is 0 Å². The van der Waals surface area contributed by atoms with Crippen LogP contribution in [0.15, 0.2) is 0 Å². The van der Waals surface area contributed by atoms with Crippen molar-refractivity contribution in [1.29, 1.82) is 0 Å². The van der Waals surface area contributed by atoms with Crippen molar-refractivity contribution in [1.82, 2.24) is 0 Å². The van der Waals surface area contributed by atoms with Crippen molar-refractivity contribution >= 4 is 11.6 Å². The van der Waals surface area contributed by atoms with E-state index < -0.39 is 0 Å². The van der Waals surface area contributed by atoms with Crippen molar-refractivity contribution < 1.29 is 4.74 Å². The molecule has 0 amide bonds. The third-order valence-corrected chi connectivity index (χ3v) is 0.724. The van der Waals surface area contributed by atoms with Crippen molar-refractivity contribution in [3.05, 3.63) is 0 Å². The molecule has 0 heterocycles. The number of ether oxygens (including phenoxy) is 1. The van der Waals surface area contributed by atoms with Gasteiger partial charge in [-0.3, -0.25) is 0 Å².